The van der Waals surface area contributed by atoms with Gasteiger partial charge in [0.15, 0.2) is 0 Å². The van der Waals surface area contributed by atoms with Crippen molar-refractivity contribution in [1.29, 1.82) is 0 Å². The first-order valence-corrected chi connectivity index (χ1v) is 14.6. The summed E-state index contributed by atoms with van der Waals surface area (Å²) in [7, 11) is 0. The van der Waals surface area contributed by atoms with Crippen LogP contribution in [0.4, 0.5) is 0 Å². The van der Waals surface area contributed by atoms with E-state index in [-0.39, 0.29) is 0 Å². The standard InChI is InChI=1S/C42H26/c1-6-15-32-27(9-1)12-7-18-39(32)42-40(34-17-8-16-33-30-13-4-2-10-28(30)19-21-36(33)34)26-24-38-37-22-20-29-11-3-5-14-31(29)35(37)23-25-41(38)42/h1-26H. The number of fused-ring (bicyclic) bond motifs is 9. The lowest BCUT2D eigenvalue weighted by molar-refractivity contribution is 1.66. The van der Waals surface area contributed by atoms with Crippen molar-refractivity contribution in [3.05, 3.63) is 158 Å². The van der Waals surface area contributed by atoms with Gasteiger partial charge in [-0.3, -0.25) is 0 Å². The highest BCUT2D eigenvalue weighted by Crippen LogP contribution is 2.45. The lowest BCUT2D eigenvalue weighted by Gasteiger charge is -2.19. The van der Waals surface area contributed by atoms with Crippen LogP contribution in [0.1, 0.15) is 0 Å². The fraction of sp³-hybridized carbons (Fsp3) is 0. The van der Waals surface area contributed by atoms with Gasteiger partial charge in [-0.25, -0.2) is 0 Å². The van der Waals surface area contributed by atoms with E-state index in [1.54, 1.807) is 0 Å². The molecule has 9 aromatic rings. The summed E-state index contributed by atoms with van der Waals surface area (Å²) in [6, 6.07) is 58.2. The van der Waals surface area contributed by atoms with Crippen molar-refractivity contribution in [1.82, 2.24) is 0 Å². The molecule has 0 saturated carbocycles. The third kappa shape index (κ3) is 3.36. The van der Waals surface area contributed by atoms with E-state index in [0.29, 0.717) is 0 Å². The smallest absolute Gasteiger partial charge is 0.00201 e. The summed E-state index contributed by atoms with van der Waals surface area (Å²) in [6.07, 6.45) is 0. The molecule has 0 fully saturated rings. The van der Waals surface area contributed by atoms with Crippen molar-refractivity contribution < 1.29 is 0 Å². The third-order valence-electron chi connectivity index (χ3n) is 9.06. The van der Waals surface area contributed by atoms with Crippen LogP contribution in [-0.2, 0) is 0 Å². The summed E-state index contributed by atoms with van der Waals surface area (Å²) >= 11 is 0. The van der Waals surface area contributed by atoms with Crippen LogP contribution in [0.5, 0.6) is 0 Å². The van der Waals surface area contributed by atoms with Crippen LogP contribution in [-0.4, -0.2) is 0 Å². The summed E-state index contributed by atoms with van der Waals surface area (Å²) in [5.74, 6) is 0. The van der Waals surface area contributed by atoms with E-state index in [2.05, 4.69) is 158 Å². The molecule has 0 aliphatic rings. The fourth-order valence-electron chi connectivity index (χ4n) is 7.14. The van der Waals surface area contributed by atoms with E-state index in [0.717, 1.165) is 0 Å². The summed E-state index contributed by atoms with van der Waals surface area (Å²) < 4.78 is 0. The van der Waals surface area contributed by atoms with E-state index in [4.69, 9.17) is 0 Å². The first kappa shape index (κ1) is 23.3. The summed E-state index contributed by atoms with van der Waals surface area (Å²) in [5.41, 5.74) is 5.09. The van der Waals surface area contributed by atoms with E-state index in [9.17, 15) is 0 Å². The fourth-order valence-corrected chi connectivity index (χ4v) is 7.14. The molecular formula is C42H26. The van der Waals surface area contributed by atoms with Gasteiger partial charge >= 0.3 is 0 Å². The Morgan fingerprint density at radius 2 is 0.619 bits per heavy atom. The van der Waals surface area contributed by atoms with E-state index >= 15 is 0 Å². The predicted octanol–water partition coefficient (Wildman–Crippen LogP) is 11.9. The topological polar surface area (TPSA) is 0 Å². The van der Waals surface area contributed by atoms with Gasteiger partial charge in [0.1, 0.15) is 0 Å². The molecule has 0 bridgehead atoms. The van der Waals surface area contributed by atoms with Crippen LogP contribution >= 0.6 is 0 Å². The van der Waals surface area contributed by atoms with Gasteiger partial charge in [0.2, 0.25) is 0 Å². The van der Waals surface area contributed by atoms with Crippen molar-refractivity contribution in [3.8, 4) is 22.3 Å². The average molecular weight is 531 g/mol. The molecule has 0 nitrogen and oxygen atoms in total. The van der Waals surface area contributed by atoms with Gasteiger partial charge in [-0.15, -0.1) is 0 Å². The molecule has 0 heteroatoms. The lowest BCUT2D eigenvalue weighted by atomic mass is 9.84. The number of hydrogen-bond donors (Lipinski definition) is 0. The Labute approximate surface area is 244 Å². The third-order valence-corrected chi connectivity index (χ3v) is 9.06. The first-order valence-electron chi connectivity index (χ1n) is 14.6. The molecule has 0 aromatic heterocycles. The van der Waals surface area contributed by atoms with Crippen LogP contribution in [0.25, 0.3) is 86.9 Å². The molecule has 0 heterocycles. The molecule has 194 valence electrons. The maximum absolute atomic E-state index is 2.36. The second-order valence-corrected chi connectivity index (χ2v) is 11.2. The Morgan fingerprint density at radius 1 is 0.190 bits per heavy atom. The van der Waals surface area contributed by atoms with Crippen molar-refractivity contribution >= 4 is 64.6 Å². The molecule has 0 atom stereocenters. The summed E-state index contributed by atoms with van der Waals surface area (Å²) in [4.78, 5) is 0. The van der Waals surface area contributed by atoms with Gasteiger partial charge in [0, 0.05) is 0 Å². The molecule has 9 rings (SSSR count). The quantitative estimate of drug-likeness (QED) is 0.195. The van der Waals surface area contributed by atoms with Gasteiger partial charge in [-0.05, 0) is 86.9 Å². The zero-order chi connectivity index (χ0) is 27.6. The molecule has 42 heavy (non-hydrogen) atoms. The minimum atomic E-state index is 1.26. The maximum atomic E-state index is 2.36. The monoisotopic (exact) mass is 530 g/mol. The summed E-state index contributed by atoms with van der Waals surface area (Å²) in [6.45, 7) is 0. The second kappa shape index (κ2) is 9.03. The largest absolute Gasteiger partial charge is 0.0616 e. The predicted molar refractivity (Wildman–Crippen MR) is 182 cm³/mol. The van der Waals surface area contributed by atoms with Gasteiger partial charge in [-0.1, -0.05) is 158 Å². The molecule has 0 amide bonds. The summed E-state index contributed by atoms with van der Waals surface area (Å²) in [5, 5.41) is 15.4. The minimum absolute atomic E-state index is 1.26. The van der Waals surface area contributed by atoms with Gasteiger partial charge < -0.3 is 0 Å². The molecule has 0 spiro atoms. The van der Waals surface area contributed by atoms with Crippen LogP contribution in [0, 0.1) is 0 Å². The molecule has 0 aliphatic heterocycles. The lowest BCUT2D eigenvalue weighted by Crippen LogP contribution is -1.92. The van der Waals surface area contributed by atoms with Crippen molar-refractivity contribution in [2.75, 3.05) is 0 Å². The van der Waals surface area contributed by atoms with Crippen LogP contribution in [0.15, 0.2) is 158 Å². The maximum Gasteiger partial charge on any atom is -0.00201 e. The zero-order valence-corrected chi connectivity index (χ0v) is 23.0. The highest BCUT2D eigenvalue weighted by Gasteiger charge is 2.18. The second-order valence-electron chi connectivity index (χ2n) is 11.2. The molecule has 0 unspecified atom stereocenters. The molecule has 0 N–H and O–H groups in total. The Bertz CT molecular complexity index is 2510. The molecule has 0 saturated heterocycles. The SMILES string of the molecule is c1ccc2c(-c3c(-c4cccc5c4ccc4ccccc45)ccc4c3ccc3c5ccccc5ccc43)cccc2c1. The van der Waals surface area contributed by atoms with Gasteiger partial charge in [0.25, 0.3) is 0 Å². The van der Waals surface area contributed by atoms with Crippen LogP contribution in [0.2, 0.25) is 0 Å². The van der Waals surface area contributed by atoms with Crippen molar-refractivity contribution in [2.24, 2.45) is 0 Å². The molecule has 9 aromatic carbocycles. The van der Waals surface area contributed by atoms with E-state index in [1.165, 1.54) is 86.9 Å². The highest BCUT2D eigenvalue weighted by molar-refractivity contribution is 6.23. The Hall–Kier alpha value is -5.46. The Morgan fingerprint density at radius 3 is 1.38 bits per heavy atom. The average Bonchev–Trinajstić information content (AvgIpc) is 3.07. The normalized spacial score (nSPS) is 11.8. The number of rotatable bonds is 2. The molecule has 0 aliphatic carbocycles. The van der Waals surface area contributed by atoms with E-state index in [1.807, 2.05) is 0 Å². The highest BCUT2D eigenvalue weighted by atomic mass is 14.2. The Balaban J connectivity index is 1.44. The van der Waals surface area contributed by atoms with Crippen molar-refractivity contribution in [2.45, 2.75) is 0 Å². The van der Waals surface area contributed by atoms with Crippen LogP contribution in [0.3, 0.4) is 0 Å². The first-order chi connectivity index (χ1) is 20.8. The number of benzene rings is 9. The molecular weight excluding hydrogens is 504 g/mol. The van der Waals surface area contributed by atoms with E-state index < -0.39 is 0 Å². The van der Waals surface area contributed by atoms with Crippen molar-refractivity contribution in [3.63, 3.8) is 0 Å². The Kier molecular flexibility index (Phi) is 5.00. The van der Waals surface area contributed by atoms with Gasteiger partial charge in [-0.2, -0.15) is 0 Å². The number of hydrogen-bond acceptors (Lipinski definition) is 0. The van der Waals surface area contributed by atoms with Gasteiger partial charge in [0.05, 0.1) is 0 Å². The van der Waals surface area contributed by atoms with Crippen LogP contribution < -0.4 is 0 Å². The zero-order valence-electron chi connectivity index (χ0n) is 23.0. The molecule has 0 radical (unpaired) electrons. The minimum Gasteiger partial charge on any atom is -0.0616 e.